The van der Waals surface area contributed by atoms with Crippen molar-refractivity contribution < 1.29 is 14.0 Å². The van der Waals surface area contributed by atoms with E-state index < -0.39 is 10.7 Å². The van der Waals surface area contributed by atoms with Crippen LogP contribution in [-0.4, -0.2) is 27.1 Å². The number of aromatic nitrogens is 2. The summed E-state index contributed by atoms with van der Waals surface area (Å²) in [7, 11) is 0. The highest BCUT2D eigenvalue weighted by atomic mass is 32.2. The molecule has 0 aliphatic rings. The summed E-state index contributed by atoms with van der Waals surface area (Å²) in [4.78, 5) is 24.8. The maximum absolute atomic E-state index is 12.8. The fraction of sp³-hybridized carbons (Fsp3) is 0.304. The van der Waals surface area contributed by atoms with Crippen molar-refractivity contribution in [2.75, 3.05) is 5.32 Å². The molecule has 1 heterocycles. The number of nitrogens with zero attached hydrogens (tertiary/aromatic N) is 2. The Morgan fingerprint density at radius 1 is 1.00 bits per heavy atom. The zero-order chi connectivity index (χ0) is 21.9. The normalized spacial score (nSPS) is 12.4. The molecule has 1 atom stereocenters. The number of hydrogen-bond donors (Lipinski definition) is 1. The van der Waals surface area contributed by atoms with Gasteiger partial charge < -0.3 is 9.73 Å². The molecule has 0 spiro atoms. The predicted octanol–water partition coefficient (Wildman–Crippen LogP) is 5.39. The highest BCUT2D eigenvalue weighted by Gasteiger charge is 2.22. The number of thioether (sulfide) groups is 1. The van der Waals surface area contributed by atoms with Crippen LogP contribution in [0.5, 0.6) is 0 Å². The van der Waals surface area contributed by atoms with Gasteiger partial charge in [-0.2, -0.15) is 0 Å². The largest absolute Gasteiger partial charge is 0.411 e. The molecule has 156 valence electrons. The van der Waals surface area contributed by atoms with E-state index in [1.807, 2.05) is 52.0 Å². The van der Waals surface area contributed by atoms with E-state index in [2.05, 4.69) is 15.5 Å². The second-order valence-electron chi connectivity index (χ2n) is 8.14. The van der Waals surface area contributed by atoms with Gasteiger partial charge in [-0.25, -0.2) is 0 Å². The van der Waals surface area contributed by atoms with Gasteiger partial charge in [0.25, 0.3) is 5.22 Å². The molecule has 1 aromatic heterocycles. The minimum Gasteiger partial charge on any atom is -0.411 e. The van der Waals surface area contributed by atoms with Gasteiger partial charge in [0, 0.05) is 22.2 Å². The Morgan fingerprint density at radius 3 is 2.23 bits per heavy atom. The Balaban J connectivity index is 1.63. The Hall–Kier alpha value is -2.93. The molecule has 0 bridgehead atoms. The summed E-state index contributed by atoms with van der Waals surface area (Å²) < 4.78 is 5.70. The first-order valence-corrected chi connectivity index (χ1v) is 10.5. The Bertz CT molecular complexity index is 1030. The van der Waals surface area contributed by atoms with Gasteiger partial charge in [0.15, 0.2) is 5.78 Å². The number of rotatable bonds is 6. The average molecular weight is 424 g/mol. The van der Waals surface area contributed by atoms with Gasteiger partial charge in [-0.3, -0.25) is 9.59 Å². The number of amides is 1. The van der Waals surface area contributed by atoms with E-state index in [4.69, 9.17) is 4.42 Å². The van der Waals surface area contributed by atoms with Crippen LogP contribution in [0.15, 0.2) is 58.2 Å². The first kappa shape index (κ1) is 21.8. The summed E-state index contributed by atoms with van der Waals surface area (Å²) in [6.07, 6.45) is 0. The van der Waals surface area contributed by atoms with Crippen LogP contribution < -0.4 is 5.32 Å². The predicted molar refractivity (Wildman–Crippen MR) is 119 cm³/mol. The molecule has 6 nitrogen and oxygen atoms in total. The number of aryl methyl sites for hydroxylation is 1. The molecule has 3 aromatic rings. The van der Waals surface area contributed by atoms with Crippen LogP contribution in [-0.2, 0) is 4.79 Å². The van der Waals surface area contributed by atoms with Gasteiger partial charge in [0.1, 0.15) is 0 Å². The lowest BCUT2D eigenvalue weighted by Crippen LogP contribution is -2.27. The van der Waals surface area contributed by atoms with E-state index in [-0.39, 0.29) is 11.7 Å². The van der Waals surface area contributed by atoms with Gasteiger partial charge in [-0.1, -0.05) is 50.2 Å². The molecule has 0 aliphatic carbocycles. The Kier molecular flexibility index (Phi) is 6.41. The highest BCUT2D eigenvalue weighted by molar-refractivity contribution is 8.00. The van der Waals surface area contributed by atoms with Crippen molar-refractivity contribution in [2.45, 2.75) is 45.1 Å². The SMILES string of the molecule is Cc1ccc(-c2nnc(S[C@@H](C)C(=O)c3ccc(NC(=O)C(C)(C)C)cc3)o2)cc1. The molecule has 0 aliphatic heterocycles. The van der Waals surface area contributed by atoms with Crippen molar-refractivity contribution in [1.29, 1.82) is 0 Å². The Morgan fingerprint density at radius 2 is 1.63 bits per heavy atom. The number of benzene rings is 2. The molecule has 2 aromatic carbocycles. The lowest BCUT2D eigenvalue weighted by Gasteiger charge is -2.17. The number of hydrogen-bond acceptors (Lipinski definition) is 6. The van der Waals surface area contributed by atoms with Crippen molar-refractivity contribution in [3.8, 4) is 11.5 Å². The first-order chi connectivity index (χ1) is 14.1. The minimum atomic E-state index is -0.485. The van der Waals surface area contributed by atoms with Crippen LogP contribution in [0.1, 0.15) is 43.6 Å². The van der Waals surface area contributed by atoms with E-state index in [9.17, 15) is 9.59 Å². The molecule has 1 N–H and O–H groups in total. The number of carbonyl (C=O) groups is 2. The molecule has 0 unspecified atom stereocenters. The molecule has 0 fully saturated rings. The lowest BCUT2D eigenvalue weighted by molar-refractivity contribution is -0.123. The average Bonchev–Trinajstić information content (AvgIpc) is 3.16. The number of carbonyl (C=O) groups excluding carboxylic acids is 2. The topological polar surface area (TPSA) is 85.1 Å². The third-order valence-corrected chi connectivity index (χ3v) is 5.39. The number of ketones is 1. The minimum absolute atomic E-state index is 0.0521. The third kappa shape index (κ3) is 5.36. The van der Waals surface area contributed by atoms with Crippen molar-refractivity contribution in [3.05, 3.63) is 59.7 Å². The quantitative estimate of drug-likeness (QED) is 0.422. The van der Waals surface area contributed by atoms with Crippen molar-refractivity contribution in [3.63, 3.8) is 0 Å². The van der Waals surface area contributed by atoms with E-state index >= 15 is 0 Å². The second kappa shape index (κ2) is 8.83. The van der Waals surface area contributed by atoms with Crippen molar-refractivity contribution in [1.82, 2.24) is 10.2 Å². The van der Waals surface area contributed by atoms with Crippen LogP contribution in [0.25, 0.3) is 11.5 Å². The first-order valence-electron chi connectivity index (χ1n) is 9.66. The summed E-state index contributed by atoms with van der Waals surface area (Å²) in [5, 5.41) is 10.9. The summed E-state index contributed by atoms with van der Waals surface area (Å²) in [5.41, 5.74) is 2.72. The summed E-state index contributed by atoms with van der Waals surface area (Å²) in [5.74, 6) is 0.297. The molecular formula is C23H25N3O3S. The standard InChI is InChI=1S/C23H25N3O3S/c1-14-6-8-17(9-7-14)20-25-26-22(29-20)30-15(2)19(27)16-10-12-18(13-11-16)24-21(28)23(3,4)5/h6-13,15H,1-5H3,(H,24,28)/t15-/m0/s1. The molecule has 3 rings (SSSR count). The van der Waals surface area contributed by atoms with Gasteiger partial charge in [0.2, 0.25) is 11.8 Å². The maximum Gasteiger partial charge on any atom is 0.277 e. The van der Waals surface area contributed by atoms with Gasteiger partial charge in [0.05, 0.1) is 5.25 Å². The van der Waals surface area contributed by atoms with E-state index in [0.717, 1.165) is 11.1 Å². The van der Waals surface area contributed by atoms with E-state index in [1.54, 1.807) is 31.2 Å². The van der Waals surface area contributed by atoms with Crippen LogP contribution >= 0.6 is 11.8 Å². The number of Topliss-reactive ketones (excluding diaryl/α,β-unsaturated/α-hetero) is 1. The van der Waals surface area contributed by atoms with Gasteiger partial charge >= 0.3 is 0 Å². The highest BCUT2D eigenvalue weighted by Crippen LogP contribution is 2.28. The lowest BCUT2D eigenvalue weighted by atomic mass is 9.95. The molecule has 0 saturated heterocycles. The fourth-order valence-electron chi connectivity index (χ4n) is 2.55. The van der Waals surface area contributed by atoms with Gasteiger partial charge in [-0.05, 0) is 50.2 Å². The zero-order valence-corrected chi connectivity index (χ0v) is 18.5. The molecule has 7 heteroatoms. The molecule has 1 amide bonds. The van der Waals surface area contributed by atoms with Crippen LogP contribution in [0.4, 0.5) is 5.69 Å². The summed E-state index contributed by atoms with van der Waals surface area (Å²) in [6.45, 7) is 9.36. The summed E-state index contributed by atoms with van der Waals surface area (Å²) >= 11 is 1.22. The van der Waals surface area contributed by atoms with Crippen molar-refractivity contribution in [2.24, 2.45) is 5.41 Å². The van der Waals surface area contributed by atoms with Crippen LogP contribution in [0.3, 0.4) is 0 Å². The molecule has 0 radical (unpaired) electrons. The van der Waals surface area contributed by atoms with Crippen LogP contribution in [0, 0.1) is 12.3 Å². The smallest absolute Gasteiger partial charge is 0.277 e. The number of anilines is 1. The van der Waals surface area contributed by atoms with E-state index in [1.165, 1.54) is 11.8 Å². The monoisotopic (exact) mass is 423 g/mol. The fourth-order valence-corrected chi connectivity index (χ4v) is 3.31. The Labute approximate surface area is 180 Å². The van der Waals surface area contributed by atoms with Crippen LogP contribution in [0.2, 0.25) is 0 Å². The second-order valence-corrected chi connectivity index (χ2v) is 9.44. The maximum atomic E-state index is 12.8. The summed E-state index contributed by atoms with van der Waals surface area (Å²) in [6, 6.07) is 14.7. The molecule has 30 heavy (non-hydrogen) atoms. The van der Waals surface area contributed by atoms with Gasteiger partial charge in [-0.15, -0.1) is 10.2 Å². The number of nitrogens with one attached hydrogen (secondary N) is 1. The zero-order valence-electron chi connectivity index (χ0n) is 17.7. The molecule has 0 saturated carbocycles. The molecular weight excluding hydrogens is 398 g/mol. The third-order valence-electron chi connectivity index (χ3n) is 4.46. The van der Waals surface area contributed by atoms with Crippen molar-refractivity contribution >= 4 is 29.1 Å². The van der Waals surface area contributed by atoms with E-state index in [0.29, 0.717) is 22.4 Å².